The summed E-state index contributed by atoms with van der Waals surface area (Å²) in [6.07, 6.45) is 0.536. The number of fused-ring (bicyclic) bond motifs is 1. The minimum absolute atomic E-state index is 0.117. The first-order valence-electron chi connectivity index (χ1n) is 6.13. The van der Waals surface area contributed by atoms with Gasteiger partial charge in [0.2, 0.25) is 0 Å². The van der Waals surface area contributed by atoms with Gasteiger partial charge in [-0.2, -0.15) is 5.26 Å². The normalized spacial score (nSPS) is 25.1. The third-order valence-electron chi connectivity index (χ3n) is 3.69. The standard InChI is InChI=1S/C15H19NOS/c1-14(2)10-18-15(3,7-8-16)13-9-11(17-4)5-6-12(13)14/h5-6,9H,7,10H2,1-4H3. The Bertz CT molecular complexity index is 504. The summed E-state index contributed by atoms with van der Waals surface area (Å²) in [5.74, 6) is 1.92. The van der Waals surface area contributed by atoms with Crippen LogP contribution in [-0.4, -0.2) is 12.9 Å². The van der Waals surface area contributed by atoms with Crippen LogP contribution >= 0.6 is 11.8 Å². The molecule has 3 heteroatoms. The van der Waals surface area contributed by atoms with E-state index in [1.807, 2.05) is 17.8 Å². The molecule has 96 valence electrons. The first-order valence-corrected chi connectivity index (χ1v) is 7.11. The molecular formula is C15H19NOS. The van der Waals surface area contributed by atoms with Gasteiger partial charge in [-0.1, -0.05) is 19.9 Å². The summed E-state index contributed by atoms with van der Waals surface area (Å²) in [6, 6.07) is 8.59. The highest BCUT2D eigenvalue weighted by Crippen LogP contribution is 2.51. The van der Waals surface area contributed by atoms with Crippen molar-refractivity contribution < 1.29 is 4.74 Å². The van der Waals surface area contributed by atoms with Crippen LogP contribution in [0, 0.1) is 11.3 Å². The van der Waals surface area contributed by atoms with Crippen molar-refractivity contribution in [1.82, 2.24) is 0 Å². The van der Waals surface area contributed by atoms with E-state index in [0.29, 0.717) is 6.42 Å². The van der Waals surface area contributed by atoms with Gasteiger partial charge in [0, 0.05) is 5.75 Å². The van der Waals surface area contributed by atoms with E-state index in [1.165, 1.54) is 11.1 Å². The summed E-state index contributed by atoms with van der Waals surface area (Å²) in [4.78, 5) is 0. The number of nitriles is 1. The van der Waals surface area contributed by atoms with Crippen LogP contribution in [0.1, 0.15) is 38.3 Å². The molecule has 1 aromatic carbocycles. The molecule has 0 N–H and O–H groups in total. The van der Waals surface area contributed by atoms with Gasteiger partial charge in [-0.3, -0.25) is 0 Å². The fraction of sp³-hybridized carbons (Fsp3) is 0.533. The number of thioether (sulfide) groups is 1. The van der Waals surface area contributed by atoms with Crippen LogP contribution in [0.3, 0.4) is 0 Å². The quantitative estimate of drug-likeness (QED) is 0.810. The zero-order valence-electron chi connectivity index (χ0n) is 11.4. The summed E-state index contributed by atoms with van der Waals surface area (Å²) >= 11 is 1.88. The number of methoxy groups -OCH3 is 1. The van der Waals surface area contributed by atoms with Gasteiger partial charge >= 0.3 is 0 Å². The molecule has 0 saturated carbocycles. The molecule has 0 aliphatic carbocycles. The molecule has 18 heavy (non-hydrogen) atoms. The number of rotatable bonds is 2. The molecule has 0 saturated heterocycles. The van der Waals surface area contributed by atoms with E-state index in [4.69, 9.17) is 10.00 Å². The summed E-state index contributed by atoms with van der Waals surface area (Å²) in [6.45, 7) is 6.68. The minimum Gasteiger partial charge on any atom is -0.497 e. The van der Waals surface area contributed by atoms with E-state index in [9.17, 15) is 0 Å². The van der Waals surface area contributed by atoms with Crippen molar-refractivity contribution >= 4 is 11.8 Å². The van der Waals surface area contributed by atoms with Gasteiger partial charge in [0.15, 0.2) is 0 Å². The smallest absolute Gasteiger partial charge is 0.119 e. The van der Waals surface area contributed by atoms with E-state index in [2.05, 4.69) is 39.0 Å². The van der Waals surface area contributed by atoms with Gasteiger partial charge < -0.3 is 4.74 Å². The minimum atomic E-state index is -0.117. The summed E-state index contributed by atoms with van der Waals surface area (Å²) < 4.78 is 5.21. The number of nitrogens with zero attached hydrogens (tertiary/aromatic N) is 1. The molecule has 0 amide bonds. The molecule has 1 aromatic rings. The first-order chi connectivity index (χ1) is 8.43. The van der Waals surface area contributed by atoms with Crippen LogP contribution in [0.15, 0.2) is 18.2 Å². The molecule has 0 fully saturated rings. The van der Waals surface area contributed by atoms with Gasteiger partial charge in [-0.25, -0.2) is 0 Å². The average Bonchev–Trinajstić information content (AvgIpc) is 2.35. The van der Waals surface area contributed by atoms with Crippen LogP contribution in [0.2, 0.25) is 0 Å². The lowest BCUT2D eigenvalue weighted by atomic mass is 9.78. The zero-order chi connectivity index (χ0) is 13.4. The maximum Gasteiger partial charge on any atom is 0.119 e. The van der Waals surface area contributed by atoms with Gasteiger partial charge in [-0.15, -0.1) is 11.8 Å². The van der Waals surface area contributed by atoms with Crippen molar-refractivity contribution in [2.24, 2.45) is 0 Å². The highest BCUT2D eigenvalue weighted by atomic mass is 32.2. The molecule has 1 aliphatic heterocycles. The zero-order valence-corrected chi connectivity index (χ0v) is 12.2. The summed E-state index contributed by atoms with van der Waals surface area (Å²) in [5.41, 5.74) is 2.76. The van der Waals surface area contributed by atoms with Crippen LogP contribution in [0.4, 0.5) is 0 Å². The van der Waals surface area contributed by atoms with Crippen molar-refractivity contribution in [2.45, 2.75) is 37.4 Å². The molecule has 2 rings (SSSR count). The number of ether oxygens (including phenoxy) is 1. The second kappa shape index (κ2) is 4.51. The van der Waals surface area contributed by atoms with E-state index in [0.717, 1.165) is 11.5 Å². The SMILES string of the molecule is COc1ccc2c(c1)C(C)(CC#N)SCC2(C)C. The second-order valence-electron chi connectivity index (χ2n) is 5.65. The number of hydrogen-bond acceptors (Lipinski definition) is 3. The Morgan fingerprint density at radius 3 is 2.67 bits per heavy atom. The molecule has 0 bridgehead atoms. The number of hydrogen-bond donors (Lipinski definition) is 0. The Kier molecular flexibility index (Phi) is 3.33. The van der Waals surface area contributed by atoms with Gasteiger partial charge in [-0.05, 0) is 35.6 Å². The van der Waals surface area contributed by atoms with Crippen molar-refractivity contribution in [2.75, 3.05) is 12.9 Å². The third-order valence-corrected chi connectivity index (χ3v) is 5.56. The van der Waals surface area contributed by atoms with Crippen molar-refractivity contribution in [3.8, 4) is 11.8 Å². The van der Waals surface area contributed by atoms with Gasteiger partial charge in [0.05, 0.1) is 24.3 Å². The van der Waals surface area contributed by atoms with Crippen LogP contribution in [0.5, 0.6) is 5.75 Å². The Balaban J connectivity index is 2.60. The van der Waals surface area contributed by atoms with Crippen molar-refractivity contribution in [3.63, 3.8) is 0 Å². The molecule has 0 spiro atoms. The van der Waals surface area contributed by atoms with E-state index in [1.54, 1.807) is 7.11 Å². The molecule has 1 atom stereocenters. The summed E-state index contributed by atoms with van der Waals surface area (Å²) in [5, 5.41) is 9.07. The molecule has 2 nitrogen and oxygen atoms in total. The van der Waals surface area contributed by atoms with Crippen LogP contribution < -0.4 is 4.74 Å². The van der Waals surface area contributed by atoms with Crippen LogP contribution in [-0.2, 0) is 10.2 Å². The number of benzene rings is 1. The Morgan fingerprint density at radius 2 is 2.06 bits per heavy atom. The lowest BCUT2D eigenvalue weighted by molar-refractivity contribution is 0.412. The Labute approximate surface area is 113 Å². The highest BCUT2D eigenvalue weighted by molar-refractivity contribution is 8.00. The molecule has 1 aliphatic rings. The second-order valence-corrected chi connectivity index (χ2v) is 7.13. The van der Waals surface area contributed by atoms with Crippen molar-refractivity contribution in [1.29, 1.82) is 5.26 Å². The Morgan fingerprint density at radius 1 is 1.33 bits per heavy atom. The predicted octanol–water partition coefficient (Wildman–Crippen LogP) is 3.85. The molecule has 1 unspecified atom stereocenters. The van der Waals surface area contributed by atoms with E-state index < -0.39 is 0 Å². The fourth-order valence-corrected chi connectivity index (χ4v) is 3.80. The molecule has 0 aromatic heterocycles. The maximum absolute atomic E-state index is 9.07. The molecule has 0 radical (unpaired) electrons. The van der Waals surface area contributed by atoms with E-state index >= 15 is 0 Å². The summed E-state index contributed by atoms with van der Waals surface area (Å²) in [7, 11) is 1.68. The fourth-order valence-electron chi connectivity index (χ4n) is 2.47. The lowest BCUT2D eigenvalue weighted by Crippen LogP contribution is -2.35. The average molecular weight is 261 g/mol. The topological polar surface area (TPSA) is 33.0 Å². The molecule has 1 heterocycles. The van der Waals surface area contributed by atoms with Crippen molar-refractivity contribution in [3.05, 3.63) is 29.3 Å². The Hall–Kier alpha value is -1.14. The maximum atomic E-state index is 9.07. The predicted molar refractivity (Wildman–Crippen MR) is 76.1 cm³/mol. The lowest BCUT2D eigenvalue weighted by Gasteiger charge is -2.42. The van der Waals surface area contributed by atoms with Crippen LogP contribution in [0.25, 0.3) is 0 Å². The monoisotopic (exact) mass is 261 g/mol. The highest BCUT2D eigenvalue weighted by Gasteiger charge is 2.40. The largest absolute Gasteiger partial charge is 0.497 e. The molecular weight excluding hydrogens is 242 g/mol. The van der Waals surface area contributed by atoms with Gasteiger partial charge in [0.1, 0.15) is 5.75 Å². The first kappa shape index (κ1) is 13.3. The third kappa shape index (κ3) is 2.10. The van der Waals surface area contributed by atoms with Gasteiger partial charge in [0.25, 0.3) is 0 Å². The van der Waals surface area contributed by atoms with E-state index in [-0.39, 0.29) is 10.2 Å².